The average Bonchev–Trinajstić information content (AvgIpc) is 3.84. The fourth-order valence-electron chi connectivity index (χ4n) is 6.27. The summed E-state index contributed by atoms with van der Waals surface area (Å²) in [4.78, 5) is 39.0. The van der Waals surface area contributed by atoms with Gasteiger partial charge in [-0.15, -0.1) is 0 Å². The molecule has 2 aliphatic heterocycles. The standard InChI is InChI=1S/C32H37ClN6O2/c33-25-7-3-24(4-8-25)28(40)18-21-2-1-15-39(20-21)29-19-35-30(31(34)41)32(37-29)36-26-9-5-22(6-10-26)23-13-16-38(17-14-23)27-11-12-27/h3-10,19,21,23,27H,1-2,11-18,20H2,(H2,34,41)(H,36,37)/t21-/m0/s1. The maximum atomic E-state index is 12.9. The van der Waals surface area contributed by atoms with Crippen LogP contribution in [0, 0.1) is 5.92 Å². The van der Waals surface area contributed by atoms with Gasteiger partial charge in [0.15, 0.2) is 17.3 Å². The van der Waals surface area contributed by atoms with Crippen molar-refractivity contribution in [3.05, 3.63) is 76.6 Å². The molecule has 0 bridgehead atoms. The number of piperidine rings is 2. The molecule has 3 aliphatic rings. The van der Waals surface area contributed by atoms with Gasteiger partial charge in [-0.2, -0.15) is 0 Å². The number of nitrogens with one attached hydrogen (secondary N) is 1. The van der Waals surface area contributed by atoms with E-state index >= 15 is 0 Å². The maximum Gasteiger partial charge on any atom is 0.271 e. The molecule has 1 saturated carbocycles. The van der Waals surface area contributed by atoms with Crippen LogP contribution in [0.1, 0.15) is 77.3 Å². The van der Waals surface area contributed by atoms with Crippen LogP contribution in [0.2, 0.25) is 5.02 Å². The summed E-state index contributed by atoms with van der Waals surface area (Å²) in [6.07, 6.45) is 9.11. The molecular weight excluding hydrogens is 536 g/mol. The van der Waals surface area contributed by atoms with E-state index in [1.165, 1.54) is 44.3 Å². The second-order valence-corrected chi connectivity index (χ2v) is 12.1. The molecular formula is C32H37ClN6O2. The Balaban J connectivity index is 1.12. The van der Waals surface area contributed by atoms with Crippen LogP contribution in [-0.4, -0.2) is 58.8 Å². The van der Waals surface area contributed by atoms with Crippen molar-refractivity contribution in [1.82, 2.24) is 14.9 Å². The molecule has 3 fully saturated rings. The number of primary amides is 1. The zero-order valence-electron chi connectivity index (χ0n) is 23.3. The number of benzene rings is 2. The van der Waals surface area contributed by atoms with Gasteiger partial charge in [0.05, 0.1) is 6.20 Å². The van der Waals surface area contributed by atoms with Crippen molar-refractivity contribution in [3.63, 3.8) is 0 Å². The molecule has 2 saturated heterocycles. The minimum atomic E-state index is -0.629. The van der Waals surface area contributed by atoms with Gasteiger partial charge >= 0.3 is 0 Å². The molecule has 3 N–H and O–H groups in total. The molecule has 0 unspecified atom stereocenters. The first-order valence-electron chi connectivity index (χ1n) is 14.7. The molecule has 0 spiro atoms. The van der Waals surface area contributed by atoms with E-state index in [-0.39, 0.29) is 17.4 Å². The summed E-state index contributed by atoms with van der Waals surface area (Å²) in [6, 6.07) is 16.3. The number of carbonyl (C=O) groups excluding carboxylic acids is 2. The topological polar surface area (TPSA) is 104 Å². The number of nitrogens with zero attached hydrogens (tertiary/aromatic N) is 4. The summed E-state index contributed by atoms with van der Waals surface area (Å²) < 4.78 is 0. The number of halogens is 1. The summed E-state index contributed by atoms with van der Waals surface area (Å²) in [5.74, 6) is 1.28. The van der Waals surface area contributed by atoms with Crippen molar-refractivity contribution in [2.75, 3.05) is 36.4 Å². The Morgan fingerprint density at radius 1 is 0.951 bits per heavy atom. The highest BCUT2D eigenvalue weighted by Gasteiger charge is 2.32. The summed E-state index contributed by atoms with van der Waals surface area (Å²) in [7, 11) is 0. The molecule has 1 aromatic heterocycles. The van der Waals surface area contributed by atoms with E-state index in [1.54, 1.807) is 30.5 Å². The molecule has 6 rings (SSSR count). The Labute approximate surface area is 246 Å². The predicted molar refractivity (Wildman–Crippen MR) is 162 cm³/mol. The molecule has 214 valence electrons. The predicted octanol–water partition coefficient (Wildman–Crippen LogP) is 5.80. The minimum absolute atomic E-state index is 0.108. The molecule has 1 aliphatic carbocycles. The fourth-order valence-corrected chi connectivity index (χ4v) is 6.39. The third-order valence-corrected chi connectivity index (χ3v) is 8.97. The number of ketones is 1. The molecule has 41 heavy (non-hydrogen) atoms. The normalized spacial score (nSPS) is 20.1. The Morgan fingerprint density at radius 3 is 2.37 bits per heavy atom. The van der Waals surface area contributed by atoms with Gasteiger partial charge in [0.1, 0.15) is 5.82 Å². The number of Topliss-reactive ketones (excluding diaryl/α,β-unsaturated/α-hetero) is 1. The van der Waals surface area contributed by atoms with Crippen molar-refractivity contribution >= 4 is 40.6 Å². The average molecular weight is 573 g/mol. The number of aromatic nitrogens is 2. The van der Waals surface area contributed by atoms with Crippen molar-refractivity contribution < 1.29 is 9.59 Å². The first-order valence-corrected chi connectivity index (χ1v) is 15.1. The minimum Gasteiger partial charge on any atom is -0.364 e. The number of nitrogens with two attached hydrogens (primary N) is 1. The highest BCUT2D eigenvalue weighted by Crippen LogP contribution is 2.35. The lowest BCUT2D eigenvalue weighted by Crippen LogP contribution is -2.37. The van der Waals surface area contributed by atoms with Gasteiger partial charge in [-0.1, -0.05) is 23.7 Å². The third kappa shape index (κ3) is 6.71. The van der Waals surface area contributed by atoms with Gasteiger partial charge in [0.2, 0.25) is 0 Å². The lowest BCUT2D eigenvalue weighted by molar-refractivity contribution is 0.0954. The van der Waals surface area contributed by atoms with Gasteiger partial charge in [-0.25, -0.2) is 9.97 Å². The zero-order valence-corrected chi connectivity index (χ0v) is 24.0. The van der Waals surface area contributed by atoms with E-state index in [0.717, 1.165) is 31.1 Å². The first-order chi connectivity index (χ1) is 19.9. The van der Waals surface area contributed by atoms with E-state index in [2.05, 4.69) is 32.2 Å². The largest absolute Gasteiger partial charge is 0.364 e. The highest BCUT2D eigenvalue weighted by molar-refractivity contribution is 6.30. The van der Waals surface area contributed by atoms with Crippen molar-refractivity contribution in [2.45, 2.75) is 56.9 Å². The van der Waals surface area contributed by atoms with E-state index < -0.39 is 5.91 Å². The Kier molecular flexibility index (Phi) is 8.21. The Morgan fingerprint density at radius 2 is 1.68 bits per heavy atom. The van der Waals surface area contributed by atoms with Crippen LogP contribution in [0.3, 0.4) is 0 Å². The number of amides is 1. The van der Waals surface area contributed by atoms with Crippen LogP contribution in [0.15, 0.2) is 54.7 Å². The molecule has 1 atom stereocenters. The van der Waals surface area contributed by atoms with Crippen LogP contribution in [0.4, 0.5) is 17.3 Å². The number of hydrogen-bond donors (Lipinski definition) is 2. The number of likely N-dealkylation sites (tertiary alicyclic amines) is 1. The summed E-state index contributed by atoms with van der Waals surface area (Å²) in [5.41, 5.74) is 8.63. The van der Waals surface area contributed by atoms with Gasteiger partial charge in [0, 0.05) is 41.8 Å². The molecule has 3 heterocycles. The van der Waals surface area contributed by atoms with Gasteiger partial charge in [0.25, 0.3) is 5.91 Å². The molecule has 1 amide bonds. The monoisotopic (exact) mass is 572 g/mol. The number of hydrogen-bond acceptors (Lipinski definition) is 7. The summed E-state index contributed by atoms with van der Waals surface area (Å²) in [6.45, 7) is 3.88. The van der Waals surface area contributed by atoms with Crippen LogP contribution < -0.4 is 16.0 Å². The molecule has 9 heteroatoms. The van der Waals surface area contributed by atoms with Gasteiger partial charge < -0.3 is 20.9 Å². The van der Waals surface area contributed by atoms with Crippen LogP contribution in [0.5, 0.6) is 0 Å². The second kappa shape index (κ2) is 12.2. The van der Waals surface area contributed by atoms with Crippen LogP contribution in [0.25, 0.3) is 0 Å². The first kappa shape index (κ1) is 27.7. The van der Waals surface area contributed by atoms with E-state index in [0.29, 0.717) is 41.1 Å². The van der Waals surface area contributed by atoms with E-state index in [4.69, 9.17) is 22.3 Å². The lowest BCUT2D eigenvalue weighted by Gasteiger charge is -2.33. The van der Waals surface area contributed by atoms with Gasteiger partial charge in [-0.05, 0) is 105 Å². The van der Waals surface area contributed by atoms with Crippen molar-refractivity contribution in [1.29, 1.82) is 0 Å². The van der Waals surface area contributed by atoms with Crippen LogP contribution >= 0.6 is 11.6 Å². The Bertz CT molecular complexity index is 1380. The van der Waals surface area contributed by atoms with Crippen LogP contribution in [-0.2, 0) is 0 Å². The van der Waals surface area contributed by atoms with E-state index in [1.807, 2.05) is 12.1 Å². The SMILES string of the molecule is NC(=O)c1ncc(N2CCC[C@@H](CC(=O)c3ccc(Cl)cc3)C2)nc1Nc1ccc(C2CCN(C3CC3)CC2)cc1. The molecule has 3 aromatic rings. The number of rotatable bonds is 9. The molecule has 8 nitrogen and oxygen atoms in total. The van der Waals surface area contributed by atoms with Crippen molar-refractivity contribution in [2.24, 2.45) is 11.7 Å². The van der Waals surface area contributed by atoms with Gasteiger partial charge in [-0.3, -0.25) is 9.59 Å². The smallest absolute Gasteiger partial charge is 0.271 e. The molecule has 0 radical (unpaired) electrons. The fraction of sp³-hybridized carbons (Fsp3) is 0.438. The molecule has 2 aromatic carbocycles. The zero-order chi connectivity index (χ0) is 28.3. The number of anilines is 3. The third-order valence-electron chi connectivity index (χ3n) is 8.71. The highest BCUT2D eigenvalue weighted by atomic mass is 35.5. The summed E-state index contributed by atoms with van der Waals surface area (Å²) >= 11 is 5.98. The van der Waals surface area contributed by atoms with E-state index in [9.17, 15) is 9.59 Å². The quantitative estimate of drug-likeness (QED) is 0.312. The second-order valence-electron chi connectivity index (χ2n) is 11.7. The Hall–Kier alpha value is -3.49. The lowest BCUT2D eigenvalue weighted by atomic mass is 9.89. The number of carbonyl (C=O) groups is 2. The van der Waals surface area contributed by atoms with Crippen molar-refractivity contribution in [3.8, 4) is 0 Å². The summed E-state index contributed by atoms with van der Waals surface area (Å²) in [5, 5.41) is 3.91. The maximum absolute atomic E-state index is 12.9.